The highest BCUT2D eigenvalue weighted by molar-refractivity contribution is 7.09. The summed E-state index contributed by atoms with van der Waals surface area (Å²) in [6.45, 7) is 1.06. The molecule has 1 amide bonds. The van der Waals surface area contributed by atoms with Gasteiger partial charge in [0, 0.05) is 18.1 Å². The number of amides is 1. The van der Waals surface area contributed by atoms with Gasteiger partial charge in [0.05, 0.1) is 6.04 Å². The first-order valence-electron chi connectivity index (χ1n) is 6.36. The fourth-order valence-corrected chi connectivity index (χ4v) is 3.21. The van der Waals surface area contributed by atoms with Crippen molar-refractivity contribution < 1.29 is 4.79 Å². The van der Waals surface area contributed by atoms with Crippen molar-refractivity contribution in [2.24, 2.45) is 0 Å². The minimum Gasteiger partial charge on any atom is -0.332 e. The number of rotatable bonds is 3. The van der Waals surface area contributed by atoms with Crippen LogP contribution in [0.3, 0.4) is 0 Å². The van der Waals surface area contributed by atoms with Crippen molar-refractivity contribution in [3.05, 3.63) is 29.2 Å². The first kappa shape index (κ1) is 12.3. The number of piperidine rings is 1. The van der Waals surface area contributed by atoms with Crippen LogP contribution in [0.1, 0.15) is 30.3 Å². The molecule has 0 radical (unpaired) electrons. The third-order valence-corrected chi connectivity index (χ3v) is 4.20. The van der Waals surface area contributed by atoms with Gasteiger partial charge in [0.2, 0.25) is 5.91 Å². The highest BCUT2D eigenvalue weighted by Gasteiger charge is 2.29. The largest absolute Gasteiger partial charge is 0.332 e. The molecule has 100 valence electrons. The predicted octanol–water partition coefficient (Wildman–Crippen LogP) is 1.49. The van der Waals surface area contributed by atoms with Crippen molar-refractivity contribution in [1.29, 1.82) is 0 Å². The first-order valence-corrected chi connectivity index (χ1v) is 7.24. The van der Waals surface area contributed by atoms with Gasteiger partial charge in [-0.2, -0.15) is 5.10 Å². The van der Waals surface area contributed by atoms with Gasteiger partial charge in [0.1, 0.15) is 24.2 Å². The minimum atomic E-state index is 0.0883. The third-order valence-electron chi connectivity index (χ3n) is 3.32. The summed E-state index contributed by atoms with van der Waals surface area (Å²) in [6, 6.07) is 0.129. The fourth-order valence-electron chi connectivity index (χ4n) is 2.43. The minimum absolute atomic E-state index is 0.0883. The van der Waals surface area contributed by atoms with E-state index in [4.69, 9.17) is 0 Å². The Labute approximate surface area is 115 Å². The summed E-state index contributed by atoms with van der Waals surface area (Å²) >= 11 is 1.62. The summed E-state index contributed by atoms with van der Waals surface area (Å²) in [5, 5.41) is 6.98. The van der Waals surface area contributed by atoms with E-state index in [-0.39, 0.29) is 18.5 Å². The maximum absolute atomic E-state index is 12.4. The standard InChI is InChI=1S/C12H15N5OS/c18-11(7-16-9-13-8-15-16)17-5-2-1-3-10(17)12-14-4-6-19-12/h4,6,8-10H,1-3,5,7H2. The van der Waals surface area contributed by atoms with Crippen molar-refractivity contribution in [3.8, 4) is 0 Å². The summed E-state index contributed by atoms with van der Waals surface area (Å²) in [5.74, 6) is 0.0883. The van der Waals surface area contributed by atoms with Crippen LogP contribution in [0.25, 0.3) is 0 Å². The summed E-state index contributed by atoms with van der Waals surface area (Å²) in [7, 11) is 0. The number of nitrogens with zero attached hydrogens (tertiary/aromatic N) is 5. The van der Waals surface area contributed by atoms with Crippen LogP contribution < -0.4 is 0 Å². The highest BCUT2D eigenvalue weighted by Crippen LogP contribution is 2.32. The Morgan fingerprint density at radius 3 is 3.16 bits per heavy atom. The lowest BCUT2D eigenvalue weighted by Gasteiger charge is -2.34. The summed E-state index contributed by atoms with van der Waals surface area (Å²) in [4.78, 5) is 22.5. The molecule has 0 spiro atoms. The molecule has 1 atom stereocenters. The zero-order chi connectivity index (χ0) is 13.1. The maximum atomic E-state index is 12.4. The molecule has 3 heterocycles. The van der Waals surface area contributed by atoms with E-state index in [2.05, 4.69) is 15.1 Å². The molecule has 3 rings (SSSR count). The Kier molecular flexibility index (Phi) is 3.54. The van der Waals surface area contributed by atoms with Gasteiger partial charge in [-0.1, -0.05) is 0 Å². The molecule has 0 aromatic carbocycles. The van der Waals surface area contributed by atoms with Gasteiger partial charge in [-0.05, 0) is 19.3 Å². The van der Waals surface area contributed by atoms with Crippen molar-refractivity contribution in [1.82, 2.24) is 24.6 Å². The Morgan fingerprint density at radius 2 is 2.42 bits per heavy atom. The molecule has 2 aromatic heterocycles. The quantitative estimate of drug-likeness (QED) is 0.852. The molecule has 1 fully saturated rings. The van der Waals surface area contributed by atoms with E-state index in [1.165, 1.54) is 6.33 Å². The smallest absolute Gasteiger partial charge is 0.244 e. The van der Waals surface area contributed by atoms with Gasteiger partial charge in [-0.25, -0.2) is 14.6 Å². The van der Waals surface area contributed by atoms with E-state index < -0.39 is 0 Å². The number of likely N-dealkylation sites (tertiary alicyclic amines) is 1. The van der Waals surface area contributed by atoms with E-state index in [9.17, 15) is 4.79 Å². The number of hydrogen-bond donors (Lipinski definition) is 0. The van der Waals surface area contributed by atoms with Crippen LogP contribution in [0.2, 0.25) is 0 Å². The van der Waals surface area contributed by atoms with Gasteiger partial charge in [-0.3, -0.25) is 4.79 Å². The molecule has 1 aliphatic heterocycles. The number of carbonyl (C=O) groups is 1. The van der Waals surface area contributed by atoms with E-state index >= 15 is 0 Å². The Hall–Kier alpha value is -1.76. The Morgan fingerprint density at radius 1 is 1.47 bits per heavy atom. The molecule has 0 N–H and O–H groups in total. The van der Waals surface area contributed by atoms with Gasteiger partial charge in [0.15, 0.2) is 0 Å². The van der Waals surface area contributed by atoms with Crippen molar-refractivity contribution in [2.45, 2.75) is 31.8 Å². The second kappa shape index (κ2) is 5.48. The average Bonchev–Trinajstić information content (AvgIpc) is 3.11. The number of hydrogen-bond acceptors (Lipinski definition) is 5. The van der Waals surface area contributed by atoms with Crippen LogP contribution in [-0.2, 0) is 11.3 Å². The molecular formula is C12H15N5OS. The molecule has 1 aliphatic rings. The molecule has 7 heteroatoms. The lowest BCUT2D eigenvalue weighted by Crippen LogP contribution is -2.40. The van der Waals surface area contributed by atoms with Crippen LogP contribution in [-0.4, -0.2) is 37.1 Å². The summed E-state index contributed by atoms with van der Waals surface area (Å²) < 4.78 is 1.57. The van der Waals surface area contributed by atoms with Crippen molar-refractivity contribution in [3.63, 3.8) is 0 Å². The summed E-state index contributed by atoms with van der Waals surface area (Å²) in [5.41, 5.74) is 0. The van der Waals surface area contributed by atoms with E-state index in [1.54, 1.807) is 28.5 Å². The molecule has 2 aromatic rings. The zero-order valence-corrected chi connectivity index (χ0v) is 11.3. The van der Waals surface area contributed by atoms with Crippen LogP contribution in [0.4, 0.5) is 0 Å². The average molecular weight is 277 g/mol. The van der Waals surface area contributed by atoms with Crippen LogP contribution >= 0.6 is 11.3 Å². The topological polar surface area (TPSA) is 63.9 Å². The van der Waals surface area contributed by atoms with Gasteiger partial charge >= 0.3 is 0 Å². The Bertz CT molecular complexity index is 524. The second-order valence-electron chi connectivity index (χ2n) is 4.56. The molecule has 0 bridgehead atoms. The summed E-state index contributed by atoms with van der Waals surface area (Å²) in [6.07, 6.45) is 8.02. The fraction of sp³-hybridized carbons (Fsp3) is 0.500. The van der Waals surface area contributed by atoms with Crippen LogP contribution in [0.15, 0.2) is 24.2 Å². The van der Waals surface area contributed by atoms with Crippen LogP contribution in [0.5, 0.6) is 0 Å². The van der Waals surface area contributed by atoms with E-state index in [0.717, 1.165) is 30.8 Å². The van der Waals surface area contributed by atoms with Crippen molar-refractivity contribution in [2.75, 3.05) is 6.54 Å². The molecule has 0 saturated carbocycles. The van der Waals surface area contributed by atoms with Crippen molar-refractivity contribution >= 4 is 17.2 Å². The number of aromatic nitrogens is 4. The predicted molar refractivity (Wildman–Crippen MR) is 70.4 cm³/mol. The molecule has 0 aliphatic carbocycles. The monoisotopic (exact) mass is 277 g/mol. The van der Waals surface area contributed by atoms with Gasteiger partial charge in [-0.15, -0.1) is 11.3 Å². The molecule has 6 nitrogen and oxygen atoms in total. The van der Waals surface area contributed by atoms with E-state index in [0.29, 0.717) is 0 Å². The third kappa shape index (κ3) is 2.65. The Balaban J connectivity index is 1.75. The SMILES string of the molecule is O=C(Cn1cncn1)N1CCCCC1c1nccs1. The lowest BCUT2D eigenvalue weighted by atomic mass is 10.0. The zero-order valence-electron chi connectivity index (χ0n) is 10.5. The molecule has 1 saturated heterocycles. The van der Waals surface area contributed by atoms with Gasteiger partial charge in [0.25, 0.3) is 0 Å². The highest BCUT2D eigenvalue weighted by atomic mass is 32.1. The second-order valence-corrected chi connectivity index (χ2v) is 5.49. The van der Waals surface area contributed by atoms with Gasteiger partial charge < -0.3 is 4.90 Å². The molecular weight excluding hydrogens is 262 g/mol. The number of carbonyl (C=O) groups excluding carboxylic acids is 1. The number of thiazole rings is 1. The molecule has 19 heavy (non-hydrogen) atoms. The normalized spacial score (nSPS) is 19.6. The molecule has 1 unspecified atom stereocenters. The van der Waals surface area contributed by atoms with Crippen LogP contribution in [0, 0.1) is 0 Å². The van der Waals surface area contributed by atoms with E-state index in [1.807, 2.05) is 10.3 Å². The maximum Gasteiger partial charge on any atom is 0.244 e. The lowest BCUT2D eigenvalue weighted by molar-refractivity contribution is -0.135. The first-order chi connectivity index (χ1) is 9.34.